The number of hydrogen-bond acceptors (Lipinski definition) is 11. The molecule has 302 valence electrons. The summed E-state index contributed by atoms with van der Waals surface area (Å²) in [6.45, 7) is 14.5. The molecule has 1 atom stereocenters. The second-order valence-corrected chi connectivity index (χ2v) is 15.1. The molecule has 12 nitrogen and oxygen atoms in total. The van der Waals surface area contributed by atoms with E-state index in [4.69, 9.17) is 18.9 Å². The maximum absolute atomic E-state index is 14.0. The molecule has 3 N–H and O–H groups in total. The first kappa shape index (κ1) is 43.1. The number of aromatic hydroxyl groups is 1. The molecule has 0 radical (unpaired) electrons. The fraction of sp³-hybridized carbons (Fsp3) is 0.267. The number of ether oxygens (including phenoxy) is 4. The average molecular weight is 856 g/mol. The smallest absolute Gasteiger partial charge is 0.356 e. The lowest BCUT2D eigenvalue weighted by Crippen LogP contribution is -2.47. The van der Waals surface area contributed by atoms with Crippen LogP contribution in [0.5, 0.6) is 23.0 Å². The van der Waals surface area contributed by atoms with E-state index < -0.39 is 41.0 Å². The summed E-state index contributed by atoms with van der Waals surface area (Å²) in [5.74, 6) is -5.20. The number of esters is 3. The van der Waals surface area contributed by atoms with E-state index in [9.17, 15) is 39.3 Å². The number of carboxylic acid groups (broad SMARTS) is 1. The molecule has 0 bridgehead atoms. The number of ketones is 1. The van der Waals surface area contributed by atoms with Gasteiger partial charge >= 0.3 is 23.9 Å². The number of rotatable bonds is 10. The molecular formula is C45H43BrO12. The summed E-state index contributed by atoms with van der Waals surface area (Å²) in [6.07, 6.45) is 2.35. The van der Waals surface area contributed by atoms with E-state index in [1.54, 1.807) is 41.5 Å². The maximum Gasteiger partial charge on any atom is 0.356 e. The first-order valence-electron chi connectivity index (χ1n) is 18.1. The summed E-state index contributed by atoms with van der Waals surface area (Å²) in [5, 5.41) is 32.7. The van der Waals surface area contributed by atoms with Crippen molar-refractivity contribution >= 4 is 45.6 Å². The molecule has 0 saturated carbocycles. The standard InChI is InChI=1S/C45H43BrO12/c1-20-16-32(56-43(52)36-25(6)27(8)40(37(46)38(36)48)58-44(53)45(54)21(2)17-30(47)19-33(45)55-10)22(3)23(4)34(20)42(51)57-39-26(7)24(5)35(41(49)50)31(28(39)9)18-29-14-12-11-13-15-29/h11-17,19,48,54H,18H2,1-10H3,(H,49,50)/t45-/m1/s1. The number of carbonyl (C=O) groups is 5. The number of hydrogen-bond donors (Lipinski definition) is 3. The lowest BCUT2D eigenvalue weighted by molar-refractivity contribution is -0.151. The third-order valence-electron chi connectivity index (χ3n) is 10.9. The van der Waals surface area contributed by atoms with Gasteiger partial charge in [0.1, 0.15) is 33.0 Å². The summed E-state index contributed by atoms with van der Waals surface area (Å²) in [7, 11) is 1.19. The van der Waals surface area contributed by atoms with Crippen LogP contribution in [0, 0.1) is 55.4 Å². The van der Waals surface area contributed by atoms with Crippen molar-refractivity contribution in [2.75, 3.05) is 7.11 Å². The zero-order valence-corrected chi connectivity index (χ0v) is 35.3. The molecule has 0 saturated heterocycles. The van der Waals surface area contributed by atoms with Crippen LogP contribution >= 0.6 is 15.9 Å². The van der Waals surface area contributed by atoms with Crippen molar-refractivity contribution < 1.29 is 58.2 Å². The number of aliphatic hydroxyl groups is 1. The first-order chi connectivity index (χ1) is 27.2. The van der Waals surface area contributed by atoms with Crippen LogP contribution in [-0.2, 0) is 20.7 Å². The van der Waals surface area contributed by atoms with Crippen LogP contribution < -0.4 is 14.2 Å². The number of phenols is 1. The fourth-order valence-corrected chi connectivity index (χ4v) is 7.70. The predicted molar refractivity (Wildman–Crippen MR) is 217 cm³/mol. The van der Waals surface area contributed by atoms with Gasteiger partial charge in [-0.3, -0.25) is 4.79 Å². The Bertz CT molecular complexity index is 2480. The quantitative estimate of drug-likeness (QED) is 0.103. The van der Waals surface area contributed by atoms with Gasteiger partial charge in [0.2, 0.25) is 5.60 Å². The molecule has 1 aliphatic rings. The maximum atomic E-state index is 14.0. The Hall–Kier alpha value is -6.05. The molecule has 0 heterocycles. The number of carboxylic acids is 1. The van der Waals surface area contributed by atoms with Gasteiger partial charge in [-0.2, -0.15) is 0 Å². The normalized spacial score (nSPS) is 15.0. The van der Waals surface area contributed by atoms with Gasteiger partial charge in [-0.25, -0.2) is 19.2 Å². The molecule has 0 spiro atoms. The summed E-state index contributed by atoms with van der Waals surface area (Å²) >= 11 is 3.22. The average Bonchev–Trinajstić information content (AvgIpc) is 3.16. The number of aromatic carboxylic acids is 1. The van der Waals surface area contributed by atoms with Crippen LogP contribution in [-0.4, -0.2) is 57.7 Å². The summed E-state index contributed by atoms with van der Waals surface area (Å²) < 4.78 is 22.4. The van der Waals surface area contributed by atoms with Crippen LogP contribution in [0.3, 0.4) is 0 Å². The molecule has 0 unspecified atom stereocenters. The van der Waals surface area contributed by atoms with Crippen molar-refractivity contribution in [2.45, 2.75) is 74.3 Å². The highest BCUT2D eigenvalue weighted by Gasteiger charge is 2.48. The predicted octanol–water partition coefficient (Wildman–Crippen LogP) is 8.05. The van der Waals surface area contributed by atoms with E-state index in [2.05, 4.69) is 15.9 Å². The Kier molecular flexibility index (Phi) is 12.2. The fourth-order valence-electron chi connectivity index (χ4n) is 7.12. The SMILES string of the molecule is COC1=CC(=O)C=C(C)[C@]1(O)C(=O)Oc1c(C)c(C)c(C(=O)Oc2cc(C)c(C(=O)Oc3c(C)c(C)c(C(=O)O)c(Cc4ccccc4)c3C)c(C)c2C)c(O)c1Br. The van der Waals surface area contributed by atoms with Gasteiger partial charge in [0, 0.05) is 6.08 Å². The first-order valence-corrected chi connectivity index (χ1v) is 18.9. The molecule has 1 aliphatic carbocycles. The molecule has 0 aromatic heterocycles. The van der Waals surface area contributed by atoms with Gasteiger partial charge in [0.25, 0.3) is 0 Å². The van der Waals surface area contributed by atoms with E-state index in [0.29, 0.717) is 45.4 Å². The molecule has 58 heavy (non-hydrogen) atoms. The van der Waals surface area contributed by atoms with Gasteiger partial charge in [-0.15, -0.1) is 0 Å². The Balaban J connectivity index is 1.45. The van der Waals surface area contributed by atoms with Crippen LogP contribution in [0.15, 0.2) is 64.4 Å². The zero-order chi connectivity index (χ0) is 43.1. The number of aryl methyl sites for hydroxylation is 1. The molecule has 4 aromatic carbocycles. The lowest BCUT2D eigenvalue weighted by Gasteiger charge is -2.30. The second-order valence-electron chi connectivity index (χ2n) is 14.3. The van der Waals surface area contributed by atoms with Crippen molar-refractivity contribution in [3.8, 4) is 23.0 Å². The Morgan fingerprint density at radius 3 is 1.88 bits per heavy atom. The van der Waals surface area contributed by atoms with Crippen LogP contribution in [0.4, 0.5) is 0 Å². The van der Waals surface area contributed by atoms with E-state index in [1.807, 2.05) is 30.3 Å². The van der Waals surface area contributed by atoms with Crippen LogP contribution in [0.2, 0.25) is 0 Å². The van der Waals surface area contributed by atoms with Gasteiger partial charge in [0.15, 0.2) is 11.5 Å². The minimum absolute atomic E-state index is 0.0419. The Labute approximate surface area is 343 Å². The van der Waals surface area contributed by atoms with Gasteiger partial charge in [0.05, 0.1) is 18.2 Å². The van der Waals surface area contributed by atoms with E-state index in [1.165, 1.54) is 33.9 Å². The molecule has 5 rings (SSSR count). The third-order valence-corrected chi connectivity index (χ3v) is 11.6. The lowest BCUT2D eigenvalue weighted by atomic mass is 9.87. The van der Waals surface area contributed by atoms with Crippen LogP contribution in [0.1, 0.15) is 93.6 Å². The van der Waals surface area contributed by atoms with Crippen molar-refractivity contribution in [3.05, 3.63) is 137 Å². The molecule has 0 fully saturated rings. The highest BCUT2D eigenvalue weighted by molar-refractivity contribution is 9.10. The van der Waals surface area contributed by atoms with E-state index >= 15 is 0 Å². The largest absolute Gasteiger partial charge is 0.506 e. The van der Waals surface area contributed by atoms with Crippen molar-refractivity contribution in [3.63, 3.8) is 0 Å². The number of phenolic OH excluding ortho intramolecular Hbond substituents is 1. The third kappa shape index (κ3) is 7.54. The monoisotopic (exact) mass is 854 g/mol. The van der Waals surface area contributed by atoms with Gasteiger partial charge in [-0.1, -0.05) is 30.3 Å². The highest BCUT2D eigenvalue weighted by Crippen LogP contribution is 2.44. The molecule has 13 heteroatoms. The molecule has 4 aromatic rings. The zero-order valence-electron chi connectivity index (χ0n) is 33.7. The van der Waals surface area contributed by atoms with E-state index in [0.717, 1.165) is 17.7 Å². The minimum Gasteiger partial charge on any atom is -0.506 e. The number of benzene rings is 4. The minimum atomic E-state index is -2.44. The summed E-state index contributed by atoms with van der Waals surface area (Å²) in [5.41, 5.74) is 2.38. The van der Waals surface area contributed by atoms with Crippen molar-refractivity contribution in [1.29, 1.82) is 0 Å². The number of methoxy groups -OCH3 is 1. The second kappa shape index (κ2) is 16.4. The van der Waals surface area contributed by atoms with Crippen molar-refractivity contribution in [1.82, 2.24) is 0 Å². The summed E-state index contributed by atoms with van der Waals surface area (Å²) in [6, 6.07) is 10.9. The Morgan fingerprint density at radius 1 is 0.707 bits per heavy atom. The number of carbonyl (C=O) groups excluding carboxylic acids is 4. The highest BCUT2D eigenvalue weighted by atomic mass is 79.9. The van der Waals surface area contributed by atoms with Gasteiger partial charge < -0.3 is 34.3 Å². The van der Waals surface area contributed by atoms with E-state index in [-0.39, 0.29) is 60.9 Å². The molecule has 0 amide bonds. The number of allylic oxidation sites excluding steroid dienone is 2. The van der Waals surface area contributed by atoms with Crippen molar-refractivity contribution in [2.24, 2.45) is 0 Å². The molecule has 0 aliphatic heterocycles. The molecular weight excluding hydrogens is 812 g/mol. The topological polar surface area (TPSA) is 183 Å². The summed E-state index contributed by atoms with van der Waals surface area (Å²) in [4.78, 5) is 65.6. The number of halogens is 1. The van der Waals surface area contributed by atoms with Gasteiger partial charge in [-0.05, 0) is 158 Å². The Morgan fingerprint density at radius 2 is 1.28 bits per heavy atom. The van der Waals surface area contributed by atoms with Crippen LogP contribution in [0.25, 0.3) is 0 Å².